The van der Waals surface area contributed by atoms with Gasteiger partial charge in [-0.05, 0) is 33.9 Å². The molecule has 21 heavy (non-hydrogen) atoms. The largest absolute Gasteiger partial charge is 0.176 e. The van der Waals surface area contributed by atoms with Crippen molar-refractivity contribution < 1.29 is 0 Å². The molecule has 2 aliphatic rings. The van der Waals surface area contributed by atoms with Crippen molar-refractivity contribution in [2.45, 2.75) is 17.9 Å². The van der Waals surface area contributed by atoms with E-state index >= 15 is 0 Å². The predicted molar refractivity (Wildman–Crippen MR) is 93.9 cm³/mol. The van der Waals surface area contributed by atoms with E-state index in [0.717, 1.165) is 6.04 Å². The summed E-state index contributed by atoms with van der Waals surface area (Å²) in [6.45, 7) is 0. The van der Waals surface area contributed by atoms with Crippen molar-refractivity contribution in [2.75, 3.05) is 0 Å². The Labute approximate surface area is 132 Å². The van der Waals surface area contributed by atoms with E-state index in [4.69, 9.17) is 11.1 Å². The van der Waals surface area contributed by atoms with Gasteiger partial charge in [-0.15, -0.1) is 0 Å². The van der Waals surface area contributed by atoms with Gasteiger partial charge in [0.05, 0.1) is 0 Å². The minimum Gasteiger partial charge on any atom is -0.176 e. The van der Waals surface area contributed by atoms with Crippen LogP contribution in [0.4, 0.5) is 0 Å². The van der Waals surface area contributed by atoms with Crippen molar-refractivity contribution in [1.82, 2.24) is 0 Å². The molecular weight excluding hydrogens is 292 g/mol. The van der Waals surface area contributed by atoms with Gasteiger partial charge >= 0.3 is 0 Å². The Hall–Kier alpha value is -1.57. The van der Waals surface area contributed by atoms with Gasteiger partial charge in [-0.2, -0.15) is 11.1 Å². The lowest BCUT2D eigenvalue weighted by Gasteiger charge is -2.18. The van der Waals surface area contributed by atoms with Crippen LogP contribution in [0.5, 0.6) is 0 Å². The Kier molecular flexibility index (Phi) is 3.32. The number of hydrogen-bond donors (Lipinski definition) is 0. The van der Waals surface area contributed by atoms with Crippen LogP contribution in [0, 0.1) is 0 Å². The lowest BCUT2D eigenvalue weighted by molar-refractivity contribution is 0.913. The van der Waals surface area contributed by atoms with Gasteiger partial charge < -0.3 is 0 Å². The van der Waals surface area contributed by atoms with E-state index in [0.29, 0.717) is 11.8 Å². The van der Waals surface area contributed by atoms with Crippen LogP contribution < -0.4 is 0 Å². The fourth-order valence-electron chi connectivity index (χ4n) is 3.75. The summed E-state index contributed by atoms with van der Waals surface area (Å²) in [7, 11) is -0.496. The lowest BCUT2D eigenvalue weighted by atomic mass is 9.88. The Morgan fingerprint density at radius 1 is 0.857 bits per heavy atom. The quantitative estimate of drug-likeness (QED) is 0.567. The van der Waals surface area contributed by atoms with E-state index in [1.807, 2.05) is 0 Å². The SMILES string of the molecule is Cl[SiH2]CC1c2ccccc2-c2cccc(C3C=CC=C3)c21. The second-order valence-electron chi connectivity index (χ2n) is 5.72. The first-order valence-corrected chi connectivity index (χ1v) is 10.7. The number of halogens is 1. The molecule has 0 spiro atoms. The highest BCUT2D eigenvalue weighted by Crippen LogP contribution is 2.49. The first-order chi connectivity index (χ1) is 10.4. The maximum atomic E-state index is 6.24. The summed E-state index contributed by atoms with van der Waals surface area (Å²) in [5.41, 5.74) is 7.27. The van der Waals surface area contributed by atoms with Gasteiger partial charge in [0.25, 0.3) is 0 Å². The number of fused-ring (bicyclic) bond motifs is 3. The van der Waals surface area contributed by atoms with Crippen LogP contribution >= 0.6 is 11.1 Å². The third-order valence-electron chi connectivity index (χ3n) is 4.62. The van der Waals surface area contributed by atoms with Crippen LogP contribution in [0.3, 0.4) is 0 Å². The van der Waals surface area contributed by atoms with E-state index in [1.165, 1.54) is 27.8 Å². The Morgan fingerprint density at radius 3 is 2.38 bits per heavy atom. The summed E-state index contributed by atoms with van der Waals surface area (Å²) in [6, 6.07) is 16.7. The van der Waals surface area contributed by atoms with Crippen LogP contribution in [-0.4, -0.2) is 8.83 Å². The standard InChI is InChI=1S/C19H17ClSi/c20-21-12-18-16-9-4-3-8-15(16)17-11-5-10-14(19(17)18)13-6-1-2-7-13/h1-11,13,18H,12,21H2. The van der Waals surface area contributed by atoms with E-state index in [1.54, 1.807) is 0 Å². The molecule has 0 aromatic heterocycles. The Balaban J connectivity index is 1.94. The smallest absolute Gasteiger partial charge is 0.126 e. The molecule has 2 heteroatoms. The highest BCUT2D eigenvalue weighted by atomic mass is 35.6. The number of rotatable bonds is 3. The lowest BCUT2D eigenvalue weighted by Crippen LogP contribution is -2.03. The summed E-state index contributed by atoms with van der Waals surface area (Å²) in [6.07, 6.45) is 8.87. The normalized spacial score (nSPS) is 19.6. The molecule has 2 aliphatic carbocycles. The molecule has 0 saturated carbocycles. The maximum Gasteiger partial charge on any atom is 0.126 e. The average molecular weight is 309 g/mol. The second-order valence-corrected chi connectivity index (χ2v) is 7.81. The number of hydrogen-bond acceptors (Lipinski definition) is 0. The zero-order chi connectivity index (χ0) is 14.2. The number of allylic oxidation sites excluding steroid dienone is 4. The van der Waals surface area contributed by atoms with Gasteiger partial charge in [-0.3, -0.25) is 0 Å². The van der Waals surface area contributed by atoms with Crippen LogP contribution in [0.15, 0.2) is 66.8 Å². The van der Waals surface area contributed by atoms with Gasteiger partial charge in [-0.25, -0.2) is 0 Å². The van der Waals surface area contributed by atoms with Gasteiger partial charge in [-0.1, -0.05) is 66.8 Å². The van der Waals surface area contributed by atoms with Gasteiger partial charge in [0, 0.05) is 11.8 Å². The van der Waals surface area contributed by atoms with E-state index in [-0.39, 0.29) is 0 Å². The molecule has 0 fully saturated rings. The van der Waals surface area contributed by atoms with E-state index in [9.17, 15) is 0 Å². The van der Waals surface area contributed by atoms with Crippen molar-refractivity contribution in [3.05, 3.63) is 83.5 Å². The molecule has 0 heterocycles. The van der Waals surface area contributed by atoms with Gasteiger partial charge in [0.15, 0.2) is 0 Å². The third-order valence-corrected chi connectivity index (χ3v) is 6.07. The Morgan fingerprint density at radius 2 is 1.57 bits per heavy atom. The molecule has 104 valence electrons. The molecule has 2 aromatic carbocycles. The van der Waals surface area contributed by atoms with Crippen LogP contribution in [0.25, 0.3) is 11.1 Å². The summed E-state index contributed by atoms with van der Waals surface area (Å²) < 4.78 is 0. The van der Waals surface area contributed by atoms with Crippen LogP contribution in [0.1, 0.15) is 28.5 Å². The minimum atomic E-state index is -0.496. The summed E-state index contributed by atoms with van der Waals surface area (Å²) in [5, 5.41) is 0. The molecule has 4 rings (SSSR count). The van der Waals surface area contributed by atoms with Crippen molar-refractivity contribution >= 4 is 19.9 Å². The highest BCUT2D eigenvalue weighted by molar-refractivity contribution is 6.93. The van der Waals surface area contributed by atoms with Crippen molar-refractivity contribution in [1.29, 1.82) is 0 Å². The first-order valence-electron chi connectivity index (χ1n) is 7.53. The number of benzene rings is 2. The zero-order valence-corrected chi connectivity index (χ0v) is 14.0. The molecule has 2 aromatic rings. The topological polar surface area (TPSA) is 0 Å². The Bertz CT molecular complexity index is 733. The van der Waals surface area contributed by atoms with E-state index < -0.39 is 8.83 Å². The van der Waals surface area contributed by atoms with Gasteiger partial charge in [0.1, 0.15) is 8.83 Å². The zero-order valence-electron chi connectivity index (χ0n) is 11.8. The third kappa shape index (κ3) is 2.04. The fraction of sp³-hybridized carbons (Fsp3) is 0.158. The second kappa shape index (κ2) is 5.32. The molecule has 0 bridgehead atoms. The molecule has 0 amide bonds. The predicted octanol–water partition coefficient (Wildman–Crippen LogP) is 4.75. The molecule has 0 saturated heterocycles. The highest BCUT2D eigenvalue weighted by Gasteiger charge is 2.31. The average Bonchev–Trinajstić information content (AvgIpc) is 3.15. The maximum absolute atomic E-state index is 6.24. The van der Waals surface area contributed by atoms with Crippen molar-refractivity contribution in [3.8, 4) is 11.1 Å². The monoisotopic (exact) mass is 308 g/mol. The van der Waals surface area contributed by atoms with Crippen LogP contribution in [-0.2, 0) is 0 Å². The molecule has 0 radical (unpaired) electrons. The van der Waals surface area contributed by atoms with Gasteiger partial charge in [0.2, 0.25) is 0 Å². The molecule has 0 aliphatic heterocycles. The fourth-order valence-corrected chi connectivity index (χ4v) is 5.22. The molecule has 1 unspecified atom stereocenters. The van der Waals surface area contributed by atoms with Crippen molar-refractivity contribution in [2.24, 2.45) is 0 Å². The minimum absolute atomic E-state index is 0.425. The molecular formula is C19H17ClSi. The van der Waals surface area contributed by atoms with E-state index in [2.05, 4.69) is 66.8 Å². The van der Waals surface area contributed by atoms with Crippen LogP contribution in [0.2, 0.25) is 6.04 Å². The molecule has 0 nitrogen and oxygen atoms in total. The van der Waals surface area contributed by atoms with Crippen molar-refractivity contribution in [3.63, 3.8) is 0 Å². The first kappa shape index (κ1) is 13.1. The molecule has 1 atom stereocenters. The summed E-state index contributed by atoms with van der Waals surface area (Å²) >= 11 is 6.24. The summed E-state index contributed by atoms with van der Waals surface area (Å²) in [4.78, 5) is 0. The summed E-state index contributed by atoms with van der Waals surface area (Å²) in [5.74, 6) is 0.924. The molecule has 0 N–H and O–H groups in total.